The molecule has 0 saturated carbocycles. The summed E-state index contributed by atoms with van der Waals surface area (Å²) in [6.45, 7) is 10.1. The van der Waals surface area contributed by atoms with E-state index in [0.717, 1.165) is 19.6 Å². The molecular weight excluding hydrogens is 198 g/mol. The molecule has 0 N–H and O–H groups in total. The Hall–Kier alpha value is -0.730. The predicted octanol–water partition coefficient (Wildman–Crippen LogP) is 2.08. The first-order valence-electron chi connectivity index (χ1n) is 6.58. The van der Waals surface area contributed by atoms with Crippen LogP contribution in [0, 0.1) is 0 Å². The maximum Gasteiger partial charge on any atom is 0.349 e. The second-order valence-electron chi connectivity index (χ2n) is 4.60. The third kappa shape index (κ3) is 4.86. The van der Waals surface area contributed by atoms with Gasteiger partial charge in [-0.25, -0.2) is 0 Å². The number of guanidine groups is 1. The van der Waals surface area contributed by atoms with Crippen molar-refractivity contribution in [3.63, 3.8) is 0 Å². The summed E-state index contributed by atoms with van der Waals surface area (Å²) in [5, 5.41) is 0. The minimum Gasteiger partial charge on any atom is -0.270 e. The van der Waals surface area contributed by atoms with E-state index in [1.807, 2.05) is 0 Å². The fraction of sp³-hybridized carbons (Fsp3) is 0.923. The lowest BCUT2D eigenvalue weighted by Crippen LogP contribution is -2.47. The molecule has 0 aliphatic rings. The summed E-state index contributed by atoms with van der Waals surface area (Å²) in [5.74, 6) is 1.35. The first kappa shape index (κ1) is 15.3. The monoisotopic (exact) mass is 228 g/mol. The molecule has 0 bridgehead atoms. The van der Waals surface area contributed by atoms with Gasteiger partial charge in [0.25, 0.3) is 0 Å². The van der Waals surface area contributed by atoms with Crippen LogP contribution in [0.5, 0.6) is 0 Å². The minimum absolute atomic E-state index is 1.12. The maximum absolute atomic E-state index is 2.50. The second kappa shape index (κ2) is 8.43. The van der Waals surface area contributed by atoms with E-state index in [0.29, 0.717) is 0 Å². The van der Waals surface area contributed by atoms with Crippen LogP contribution in [0.25, 0.3) is 0 Å². The average molecular weight is 228 g/mol. The van der Waals surface area contributed by atoms with E-state index >= 15 is 0 Å². The Morgan fingerprint density at radius 2 is 1.31 bits per heavy atom. The van der Waals surface area contributed by atoms with Crippen LogP contribution in [-0.2, 0) is 0 Å². The Morgan fingerprint density at radius 1 is 0.875 bits per heavy atom. The Balaban J connectivity index is 4.78. The molecule has 0 fully saturated rings. The highest BCUT2D eigenvalue weighted by atomic mass is 15.4. The lowest BCUT2D eigenvalue weighted by molar-refractivity contribution is -0.476. The smallest absolute Gasteiger partial charge is 0.270 e. The summed E-state index contributed by atoms with van der Waals surface area (Å²) in [4.78, 5) is 4.86. The lowest BCUT2D eigenvalue weighted by Gasteiger charge is -2.26. The Labute approximate surface area is 102 Å². The van der Waals surface area contributed by atoms with Gasteiger partial charge in [-0.1, -0.05) is 20.8 Å². The Bertz CT molecular complexity index is 201. The number of hydrogen-bond donors (Lipinski definition) is 0. The Morgan fingerprint density at radius 3 is 1.62 bits per heavy atom. The van der Waals surface area contributed by atoms with Crippen molar-refractivity contribution in [2.24, 2.45) is 0 Å². The number of rotatable bonds is 6. The average Bonchev–Trinajstić information content (AvgIpc) is 2.18. The zero-order valence-corrected chi connectivity index (χ0v) is 12.1. The molecule has 0 saturated heterocycles. The summed E-state index contributed by atoms with van der Waals surface area (Å²) < 4.78 is 2.24. The van der Waals surface area contributed by atoms with Crippen LogP contribution in [0.15, 0.2) is 0 Å². The highest BCUT2D eigenvalue weighted by molar-refractivity contribution is 5.74. The predicted molar refractivity (Wildman–Crippen MR) is 72.2 cm³/mol. The molecule has 3 nitrogen and oxygen atoms in total. The maximum atomic E-state index is 2.50. The number of nitrogens with zero attached hydrogens (tertiary/aromatic N) is 3. The van der Waals surface area contributed by atoms with Crippen molar-refractivity contribution < 1.29 is 4.58 Å². The van der Waals surface area contributed by atoms with Crippen LogP contribution in [-0.4, -0.2) is 61.1 Å². The minimum atomic E-state index is 1.12. The van der Waals surface area contributed by atoms with Crippen molar-refractivity contribution >= 4 is 5.96 Å². The van der Waals surface area contributed by atoms with Gasteiger partial charge in [0.1, 0.15) is 0 Å². The molecule has 0 heterocycles. The van der Waals surface area contributed by atoms with Gasteiger partial charge >= 0.3 is 5.96 Å². The van der Waals surface area contributed by atoms with Crippen molar-refractivity contribution in [3.05, 3.63) is 0 Å². The third-order valence-electron chi connectivity index (χ3n) is 2.57. The zero-order valence-electron chi connectivity index (χ0n) is 12.1. The second-order valence-corrected chi connectivity index (χ2v) is 4.60. The molecule has 0 aliphatic heterocycles. The van der Waals surface area contributed by atoms with E-state index in [2.05, 4.69) is 56.3 Å². The fourth-order valence-corrected chi connectivity index (χ4v) is 2.15. The van der Waals surface area contributed by atoms with E-state index in [9.17, 15) is 0 Å². The molecule has 3 heteroatoms. The lowest BCUT2D eigenvalue weighted by atomic mass is 10.3. The standard InChI is InChI=1S/C13H30N3/c1-7-10-15(6)13(14(4)5)16(11-8-2)12-9-3/h7-12H2,1-6H3/q+1. The van der Waals surface area contributed by atoms with Gasteiger partial charge in [-0.15, -0.1) is 0 Å². The highest BCUT2D eigenvalue weighted by Crippen LogP contribution is 2.01. The summed E-state index contributed by atoms with van der Waals surface area (Å²) >= 11 is 0. The molecule has 0 aliphatic carbocycles. The van der Waals surface area contributed by atoms with Crippen LogP contribution in [0.1, 0.15) is 40.0 Å². The molecule has 0 aromatic rings. The molecule has 0 aromatic heterocycles. The highest BCUT2D eigenvalue weighted by Gasteiger charge is 2.22. The molecule has 16 heavy (non-hydrogen) atoms. The van der Waals surface area contributed by atoms with Gasteiger partial charge in [-0.3, -0.25) is 14.4 Å². The van der Waals surface area contributed by atoms with Crippen molar-refractivity contribution in [1.29, 1.82) is 0 Å². The molecule has 96 valence electrons. The van der Waals surface area contributed by atoms with Crippen LogP contribution < -0.4 is 0 Å². The van der Waals surface area contributed by atoms with Crippen LogP contribution in [0.2, 0.25) is 0 Å². The van der Waals surface area contributed by atoms with E-state index in [-0.39, 0.29) is 0 Å². The van der Waals surface area contributed by atoms with Gasteiger partial charge in [0.15, 0.2) is 0 Å². The van der Waals surface area contributed by atoms with E-state index in [1.165, 1.54) is 25.2 Å². The summed E-state index contributed by atoms with van der Waals surface area (Å²) in [6, 6.07) is 0. The van der Waals surface area contributed by atoms with Crippen LogP contribution in [0.3, 0.4) is 0 Å². The van der Waals surface area contributed by atoms with Gasteiger partial charge in [0.2, 0.25) is 0 Å². The molecular formula is C13H30N3+. The fourth-order valence-electron chi connectivity index (χ4n) is 2.15. The van der Waals surface area contributed by atoms with Gasteiger partial charge in [0, 0.05) is 0 Å². The van der Waals surface area contributed by atoms with Crippen LogP contribution >= 0.6 is 0 Å². The molecule has 0 unspecified atom stereocenters. The van der Waals surface area contributed by atoms with Gasteiger partial charge in [-0.05, 0) is 19.3 Å². The summed E-state index contributed by atoms with van der Waals surface area (Å²) in [5.41, 5.74) is 0. The molecule has 0 amide bonds. The number of hydrogen-bond acceptors (Lipinski definition) is 0. The first-order valence-corrected chi connectivity index (χ1v) is 6.58. The summed E-state index contributed by atoms with van der Waals surface area (Å²) in [7, 11) is 6.47. The Kier molecular flexibility index (Phi) is 8.04. The zero-order chi connectivity index (χ0) is 12.6. The largest absolute Gasteiger partial charge is 0.349 e. The molecule has 0 rings (SSSR count). The molecule has 0 aromatic carbocycles. The van der Waals surface area contributed by atoms with Crippen LogP contribution in [0.4, 0.5) is 0 Å². The SMILES string of the molecule is CCCN(C)C(N(CCC)CCC)=[N+](C)C. The molecule has 0 spiro atoms. The first-order chi connectivity index (χ1) is 7.58. The van der Waals surface area contributed by atoms with Gasteiger partial charge < -0.3 is 0 Å². The van der Waals surface area contributed by atoms with E-state index < -0.39 is 0 Å². The van der Waals surface area contributed by atoms with Crippen molar-refractivity contribution in [3.8, 4) is 0 Å². The topological polar surface area (TPSA) is 9.49 Å². The quantitative estimate of drug-likeness (QED) is 0.391. The van der Waals surface area contributed by atoms with Gasteiger partial charge in [-0.2, -0.15) is 0 Å². The van der Waals surface area contributed by atoms with Crippen molar-refractivity contribution in [2.45, 2.75) is 40.0 Å². The summed E-state index contributed by atoms with van der Waals surface area (Å²) in [6.07, 6.45) is 3.61. The van der Waals surface area contributed by atoms with Crippen molar-refractivity contribution in [1.82, 2.24) is 9.80 Å². The third-order valence-corrected chi connectivity index (χ3v) is 2.57. The molecule has 0 radical (unpaired) electrons. The van der Waals surface area contributed by atoms with E-state index in [1.54, 1.807) is 0 Å². The van der Waals surface area contributed by atoms with Gasteiger partial charge in [0.05, 0.1) is 40.8 Å². The van der Waals surface area contributed by atoms with Crippen molar-refractivity contribution in [2.75, 3.05) is 40.8 Å². The molecule has 0 atom stereocenters. The van der Waals surface area contributed by atoms with E-state index in [4.69, 9.17) is 0 Å². The normalized spacial score (nSPS) is 10.1.